The molecule has 96 valence electrons. The highest BCUT2D eigenvalue weighted by molar-refractivity contribution is 9.10. The number of rotatable bonds is 2. The van der Waals surface area contributed by atoms with Gasteiger partial charge in [-0.2, -0.15) is 0 Å². The van der Waals surface area contributed by atoms with Gasteiger partial charge in [-0.1, -0.05) is 30.3 Å². The Morgan fingerprint density at radius 2 is 1.95 bits per heavy atom. The van der Waals surface area contributed by atoms with Crippen LogP contribution < -0.4 is 0 Å². The number of nitrogens with zero attached hydrogens (tertiary/aromatic N) is 1. The fourth-order valence-electron chi connectivity index (χ4n) is 2.37. The van der Waals surface area contributed by atoms with Crippen molar-refractivity contribution in [1.29, 1.82) is 0 Å². The van der Waals surface area contributed by atoms with Crippen LogP contribution in [0.3, 0.4) is 0 Å². The Labute approximate surface area is 119 Å². The van der Waals surface area contributed by atoms with Gasteiger partial charge in [0.15, 0.2) is 6.10 Å². The number of halogens is 1. The van der Waals surface area contributed by atoms with E-state index in [1.54, 1.807) is 6.20 Å². The zero-order chi connectivity index (χ0) is 13.5. The van der Waals surface area contributed by atoms with Crippen molar-refractivity contribution in [3.05, 3.63) is 64.4 Å². The number of esters is 1. The molecule has 0 saturated carbocycles. The molecule has 0 amide bonds. The molecule has 0 bridgehead atoms. The van der Waals surface area contributed by atoms with Gasteiger partial charge in [0.05, 0.1) is 5.69 Å². The van der Waals surface area contributed by atoms with E-state index in [1.807, 2.05) is 49.4 Å². The standard InChI is InChI=1S/C15H12BrNO2/c1-15(10-6-3-2-4-7-10)13(19-14(15)18)12-11(16)8-5-9-17-12/h2-9,13H,1H3/t13-,15-/m0/s1. The van der Waals surface area contributed by atoms with Gasteiger partial charge in [0.1, 0.15) is 5.41 Å². The monoisotopic (exact) mass is 317 g/mol. The average molecular weight is 318 g/mol. The van der Waals surface area contributed by atoms with Crippen LogP contribution in [0.2, 0.25) is 0 Å². The van der Waals surface area contributed by atoms with Crippen LogP contribution in [0.4, 0.5) is 0 Å². The van der Waals surface area contributed by atoms with Crippen LogP contribution in [0.15, 0.2) is 53.1 Å². The molecule has 1 aromatic carbocycles. The number of cyclic esters (lactones) is 1. The number of carbonyl (C=O) groups is 1. The molecule has 3 rings (SSSR count). The highest BCUT2D eigenvalue weighted by atomic mass is 79.9. The summed E-state index contributed by atoms with van der Waals surface area (Å²) in [5.41, 5.74) is 1.04. The van der Waals surface area contributed by atoms with Crippen molar-refractivity contribution in [2.75, 3.05) is 0 Å². The second-order valence-electron chi connectivity index (χ2n) is 4.72. The molecule has 0 aliphatic carbocycles. The molecule has 1 saturated heterocycles. The molecule has 1 fully saturated rings. The van der Waals surface area contributed by atoms with E-state index in [9.17, 15) is 4.79 Å². The highest BCUT2D eigenvalue weighted by Gasteiger charge is 2.57. The molecule has 0 spiro atoms. The molecule has 19 heavy (non-hydrogen) atoms. The lowest BCUT2D eigenvalue weighted by Gasteiger charge is -2.44. The summed E-state index contributed by atoms with van der Waals surface area (Å²) in [7, 11) is 0. The number of ether oxygens (including phenoxy) is 1. The molecule has 1 aromatic heterocycles. The predicted octanol–water partition coefficient (Wildman–Crippen LogP) is 3.40. The van der Waals surface area contributed by atoms with E-state index in [-0.39, 0.29) is 12.1 Å². The lowest BCUT2D eigenvalue weighted by atomic mass is 9.72. The Hall–Kier alpha value is -1.68. The number of benzene rings is 1. The zero-order valence-electron chi connectivity index (χ0n) is 10.3. The zero-order valence-corrected chi connectivity index (χ0v) is 11.9. The van der Waals surface area contributed by atoms with Gasteiger partial charge in [-0.05, 0) is 40.5 Å². The van der Waals surface area contributed by atoms with Crippen molar-refractivity contribution in [2.45, 2.75) is 18.4 Å². The quantitative estimate of drug-likeness (QED) is 0.797. The topological polar surface area (TPSA) is 39.2 Å². The Morgan fingerprint density at radius 3 is 2.58 bits per heavy atom. The van der Waals surface area contributed by atoms with Crippen LogP contribution >= 0.6 is 15.9 Å². The van der Waals surface area contributed by atoms with E-state index in [1.165, 1.54) is 0 Å². The Bertz CT molecular complexity index is 629. The largest absolute Gasteiger partial charge is 0.453 e. The van der Waals surface area contributed by atoms with Crippen LogP contribution in [0.5, 0.6) is 0 Å². The van der Waals surface area contributed by atoms with Gasteiger partial charge in [-0.3, -0.25) is 9.78 Å². The van der Waals surface area contributed by atoms with E-state index in [0.29, 0.717) is 0 Å². The highest BCUT2D eigenvalue weighted by Crippen LogP contribution is 2.49. The van der Waals surface area contributed by atoms with Gasteiger partial charge in [-0.15, -0.1) is 0 Å². The van der Waals surface area contributed by atoms with Gasteiger partial charge in [0.25, 0.3) is 0 Å². The molecule has 2 atom stereocenters. The van der Waals surface area contributed by atoms with E-state index < -0.39 is 5.41 Å². The molecule has 0 radical (unpaired) electrons. The van der Waals surface area contributed by atoms with E-state index in [4.69, 9.17) is 4.74 Å². The molecule has 2 heterocycles. The second kappa shape index (κ2) is 4.46. The Kier molecular flexibility index (Phi) is 2.90. The first-order chi connectivity index (χ1) is 9.14. The molecule has 1 aliphatic heterocycles. The summed E-state index contributed by atoms with van der Waals surface area (Å²) < 4.78 is 6.20. The summed E-state index contributed by atoms with van der Waals surface area (Å²) >= 11 is 3.46. The van der Waals surface area contributed by atoms with Gasteiger partial charge < -0.3 is 4.74 Å². The minimum atomic E-state index is -0.669. The molecule has 0 unspecified atom stereocenters. The van der Waals surface area contributed by atoms with E-state index in [2.05, 4.69) is 20.9 Å². The van der Waals surface area contributed by atoms with Crippen molar-refractivity contribution in [3.8, 4) is 0 Å². The van der Waals surface area contributed by atoms with Crippen molar-refractivity contribution >= 4 is 21.9 Å². The minimum absolute atomic E-state index is 0.207. The summed E-state index contributed by atoms with van der Waals surface area (Å²) in [6.07, 6.45) is 1.36. The average Bonchev–Trinajstić information content (AvgIpc) is 2.46. The van der Waals surface area contributed by atoms with Crippen molar-refractivity contribution < 1.29 is 9.53 Å². The van der Waals surface area contributed by atoms with Gasteiger partial charge in [0.2, 0.25) is 0 Å². The van der Waals surface area contributed by atoms with Gasteiger partial charge in [-0.25, -0.2) is 0 Å². The Morgan fingerprint density at radius 1 is 1.21 bits per heavy atom. The van der Waals surface area contributed by atoms with Gasteiger partial charge >= 0.3 is 5.97 Å². The number of pyridine rings is 1. The van der Waals surface area contributed by atoms with Crippen molar-refractivity contribution in [2.24, 2.45) is 0 Å². The molecule has 2 aromatic rings. The summed E-state index contributed by atoms with van der Waals surface area (Å²) in [5.74, 6) is -0.207. The van der Waals surface area contributed by atoms with Crippen molar-refractivity contribution in [1.82, 2.24) is 4.98 Å². The third-order valence-electron chi connectivity index (χ3n) is 3.58. The molecule has 1 aliphatic rings. The number of carbonyl (C=O) groups excluding carboxylic acids is 1. The van der Waals surface area contributed by atoms with Gasteiger partial charge in [0, 0.05) is 10.7 Å². The number of hydrogen-bond donors (Lipinski definition) is 0. The summed E-state index contributed by atoms with van der Waals surface area (Å²) in [5, 5.41) is 0. The van der Waals surface area contributed by atoms with E-state index in [0.717, 1.165) is 15.7 Å². The van der Waals surface area contributed by atoms with E-state index >= 15 is 0 Å². The first kappa shape index (κ1) is 12.4. The number of hydrogen-bond acceptors (Lipinski definition) is 3. The molecular weight excluding hydrogens is 306 g/mol. The maximum atomic E-state index is 12.0. The third-order valence-corrected chi connectivity index (χ3v) is 4.25. The maximum absolute atomic E-state index is 12.0. The molecule has 4 heteroatoms. The normalized spacial score (nSPS) is 25.6. The third kappa shape index (κ3) is 1.78. The second-order valence-corrected chi connectivity index (χ2v) is 5.58. The fourth-order valence-corrected chi connectivity index (χ4v) is 2.83. The first-order valence-corrected chi connectivity index (χ1v) is 6.80. The van der Waals surface area contributed by atoms with Crippen LogP contribution in [0, 0.1) is 0 Å². The van der Waals surface area contributed by atoms with Crippen molar-refractivity contribution in [3.63, 3.8) is 0 Å². The van der Waals surface area contributed by atoms with Crippen LogP contribution in [0.25, 0.3) is 0 Å². The smallest absolute Gasteiger partial charge is 0.321 e. The maximum Gasteiger partial charge on any atom is 0.321 e. The lowest BCUT2D eigenvalue weighted by Crippen LogP contribution is -2.52. The molecule has 0 N–H and O–H groups in total. The van der Waals surface area contributed by atoms with Crippen LogP contribution in [-0.4, -0.2) is 11.0 Å². The summed E-state index contributed by atoms with van der Waals surface area (Å²) in [6.45, 7) is 1.90. The number of aromatic nitrogens is 1. The lowest BCUT2D eigenvalue weighted by molar-refractivity contribution is -0.191. The fraction of sp³-hybridized carbons (Fsp3) is 0.200. The van der Waals surface area contributed by atoms with Crippen LogP contribution in [0.1, 0.15) is 24.3 Å². The predicted molar refractivity (Wildman–Crippen MR) is 74.6 cm³/mol. The Balaban J connectivity index is 2.06. The molecular formula is C15H12BrNO2. The minimum Gasteiger partial charge on any atom is -0.453 e. The molecule has 3 nitrogen and oxygen atoms in total. The van der Waals surface area contributed by atoms with Crippen LogP contribution in [-0.2, 0) is 14.9 Å². The SMILES string of the molecule is C[C@@]1(c2ccccc2)C(=O)O[C@H]1c1ncccc1Br. The first-order valence-electron chi connectivity index (χ1n) is 6.01. The summed E-state index contributed by atoms with van der Waals surface area (Å²) in [4.78, 5) is 16.3. The summed E-state index contributed by atoms with van der Waals surface area (Å²) in [6, 6.07) is 13.4.